The lowest BCUT2D eigenvalue weighted by molar-refractivity contribution is 0.483. The zero-order valence-electron chi connectivity index (χ0n) is 10.0. The maximum absolute atomic E-state index is 13.2. The Balaban J connectivity index is 2.08. The van der Waals surface area contributed by atoms with Gasteiger partial charge in [-0.1, -0.05) is 18.2 Å². The van der Waals surface area contributed by atoms with Gasteiger partial charge >= 0.3 is 0 Å². The Hall–Kier alpha value is -2.62. The van der Waals surface area contributed by atoms with E-state index in [4.69, 9.17) is 10.5 Å². The number of ether oxygens (including phenoxy) is 1. The van der Waals surface area contributed by atoms with Gasteiger partial charge in [-0.25, -0.2) is 4.39 Å². The Morgan fingerprint density at radius 2 is 1.84 bits per heavy atom. The molecule has 94 valence electrons. The van der Waals surface area contributed by atoms with Crippen molar-refractivity contribution in [2.75, 3.05) is 5.73 Å². The summed E-state index contributed by atoms with van der Waals surface area (Å²) >= 11 is 0. The second-order valence-corrected chi connectivity index (χ2v) is 4.12. The van der Waals surface area contributed by atoms with E-state index in [0.29, 0.717) is 17.0 Å². The van der Waals surface area contributed by atoms with Crippen molar-refractivity contribution >= 4 is 16.6 Å². The molecule has 0 aliphatic heterocycles. The molecule has 0 aliphatic carbocycles. The highest BCUT2D eigenvalue weighted by Gasteiger charge is 2.07. The van der Waals surface area contributed by atoms with E-state index >= 15 is 0 Å². The quantitative estimate of drug-likeness (QED) is 0.708. The first-order chi connectivity index (χ1) is 9.24. The van der Waals surface area contributed by atoms with Gasteiger partial charge in [-0.2, -0.15) is 0 Å². The second-order valence-electron chi connectivity index (χ2n) is 4.12. The Morgan fingerprint density at radius 3 is 2.74 bits per heavy atom. The van der Waals surface area contributed by atoms with Crippen molar-refractivity contribution in [2.24, 2.45) is 0 Å². The molecule has 3 nitrogen and oxygen atoms in total. The maximum Gasteiger partial charge on any atom is 0.153 e. The molecule has 0 aliphatic rings. The number of nitrogens with two attached hydrogens (primary N) is 1. The van der Waals surface area contributed by atoms with Gasteiger partial charge in [-0.05, 0) is 24.3 Å². The first-order valence-corrected chi connectivity index (χ1v) is 5.81. The molecule has 0 radical (unpaired) electrons. The summed E-state index contributed by atoms with van der Waals surface area (Å²) in [5, 5.41) is 0.954. The standard InChI is InChI=1S/C15H11FN2O/c16-11-6-7-12(17)14(9-11)19-13-5-1-3-10-4-2-8-18-15(10)13/h1-9H,17H2. The highest BCUT2D eigenvalue weighted by Crippen LogP contribution is 2.31. The fourth-order valence-corrected chi connectivity index (χ4v) is 1.87. The van der Waals surface area contributed by atoms with Gasteiger partial charge in [-0.3, -0.25) is 4.98 Å². The Morgan fingerprint density at radius 1 is 1.00 bits per heavy atom. The van der Waals surface area contributed by atoms with Gasteiger partial charge in [0.2, 0.25) is 0 Å². The van der Waals surface area contributed by atoms with Crippen LogP contribution in [0.5, 0.6) is 11.5 Å². The van der Waals surface area contributed by atoms with Gasteiger partial charge < -0.3 is 10.5 Å². The number of hydrogen-bond acceptors (Lipinski definition) is 3. The molecule has 0 saturated heterocycles. The van der Waals surface area contributed by atoms with Crippen LogP contribution in [-0.4, -0.2) is 4.98 Å². The molecule has 0 fully saturated rings. The Bertz CT molecular complexity index is 738. The normalized spacial score (nSPS) is 10.6. The van der Waals surface area contributed by atoms with E-state index in [1.165, 1.54) is 18.2 Å². The van der Waals surface area contributed by atoms with Crippen LogP contribution < -0.4 is 10.5 Å². The van der Waals surface area contributed by atoms with Crippen LogP contribution in [0, 0.1) is 5.82 Å². The number of rotatable bonds is 2. The van der Waals surface area contributed by atoms with Crippen molar-refractivity contribution < 1.29 is 9.13 Å². The van der Waals surface area contributed by atoms with Gasteiger partial charge in [0.1, 0.15) is 11.3 Å². The molecule has 0 amide bonds. The summed E-state index contributed by atoms with van der Waals surface area (Å²) in [4.78, 5) is 4.27. The molecule has 3 rings (SSSR count). The van der Waals surface area contributed by atoms with Crippen LogP contribution in [0.3, 0.4) is 0 Å². The van der Waals surface area contributed by atoms with Crippen LogP contribution in [0.4, 0.5) is 10.1 Å². The van der Waals surface area contributed by atoms with E-state index < -0.39 is 5.82 Å². The van der Waals surface area contributed by atoms with Crippen LogP contribution >= 0.6 is 0 Å². The first kappa shape index (κ1) is 11.5. The molecule has 2 N–H and O–H groups in total. The molecule has 4 heteroatoms. The number of aromatic nitrogens is 1. The third-order valence-corrected chi connectivity index (χ3v) is 2.79. The topological polar surface area (TPSA) is 48.1 Å². The average Bonchev–Trinajstić information content (AvgIpc) is 2.43. The van der Waals surface area contributed by atoms with Gasteiger partial charge in [0.15, 0.2) is 11.5 Å². The lowest BCUT2D eigenvalue weighted by Gasteiger charge is -2.10. The number of hydrogen-bond donors (Lipinski definition) is 1. The number of pyridine rings is 1. The summed E-state index contributed by atoms with van der Waals surface area (Å²) < 4.78 is 18.9. The smallest absolute Gasteiger partial charge is 0.153 e. The van der Waals surface area contributed by atoms with Crippen molar-refractivity contribution in [3.63, 3.8) is 0 Å². The van der Waals surface area contributed by atoms with Crippen LogP contribution in [0.2, 0.25) is 0 Å². The number of anilines is 1. The minimum atomic E-state index is -0.391. The van der Waals surface area contributed by atoms with E-state index in [1.807, 2.05) is 24.3 Å². The molecule has 1 heterocycles. The highest BCUT2D eigenvalue weighted by atomic mass is 19.1. The van der Waals surface area contributed by atoms with Crippen molar-refractivity contribution in [3.8, 4) is 11.5 Å². The van der Waals surface area contributed by atoms with Crippen LogP contribution in [0.1, 0.15) is 0 Å². The number of benzene rings is 2. The van der Waals surface area contributed by atoms with E-state index in [9.17, 15) is 4.39 Å². The fraction of sp³-hybridized carbons (Fsp3) is 0. The fourth-order valence-electron chi connectivity index (χ4n) is 1.87. The van der Waals surface area contributed by atoms with Crippen LogP contribution in [0.15, 0.2) is 54.7 Å². The number of para-hydroxylation sites is 1. The zero-order valence-corrected chi connectivity index (χ0v) is 10.0. The summed E-state index contributed by atoms with van der Waals surface area (Å²) in [6.07, 6.45) is 1.68. The molecule has 1 aromatic heterocycles. The van der Waals surface area contributed by atoms with Gasteiger partial charge in [0.25, 0.3) is 0 Å². The molecular weight excluding hydrogens is 243 g/mol. The molecule has 0 unspecified atom stereocenters. The number of nitrogens with zero attached hydrogens (tertiary/aromatic N) is 1. The predicted octanol–water partition coefficient (Wildman–Crippen LogP) is 3.75. The highest BCUT2D eigenvalue weighted by molar-refractivity contribution is 5.84. The lowest BCUT2D eigenvalue weighted by Crippen LogP contribution is -1.94. The summed E-state index contributed by atoms with van der Waals surface area (Å²) in [6.45, 7) is 0. The van der Waals surface area contributed by atoms with E-state index in [1.54, 1.807) is 12.3 Å². The SMILES string of the molecule is Nc1ccc(F)cc1Oc1cccc2cccnc12. The molecule has 2 aromatic carbocycles. The van der Waals surface area contributed by atoms with Crippen LogP contribution in [0.25, 0.3) is 10.9 Å². The Kier molecular flexibility index (Phi) is 2.76. The van der Waals surface area contributed by atoms with Crippen molar-refractivity contribution in [1.29, 1.82) is 0 Å². The van der Waals surface area contributed by atoms with E-state index in [0.717, 1.165) is 5.39 Å². The maximum atomic E-state index is 13.2. The summed E-state index contributed by atoms with van der Waals surface area (Å²) in [5.74, 6) is 0.450. The lowest BCUT2D eigenvalue weighted by atomic mass is 10.2. The molecule has 0 saturated carbocycles. The molecule has 0 spiro atoms. The van der Waals surface area contributed by atoms with Gasteiger partial charge in [0, 0.05) is 17.6 Å². The minimum absolute atomic E-state index is 0.290. The first-order valence-electron chi connectivity index (χ1n) is 5.81. The zero-order chi connectivity index (χ0) is 13.2. The molecule has 19 heavy (non-hydrogen) atoms. The third-order valence-electron chi connectivity index (χ3n) is 2.79. The number of halogens is 1. The molecule has 3 aromatic rings. The summed E-state index contributed by atoms with van der Waals surface area (Å²) in [7, 11) is 0. The van der Waals surface area contributed by atoms with Crippen molar-refractivity contribution in [1.82, 2.24) is 4.98 Å². The van der Waals surface area contributed by atoms with Gasteiger partial charge in [-0.15, -0.1) is 0 Å². The minimum Gasteiger partial charge on any atom is -0.453 e. The molecule has 0 atom stereocenters. The second kappa shape index (κ2) is 4.57. The number of nitrogen functional groups attached to an aromatic ring is 1. The average molecular weight is 254 g/mol. The van der Waals surface area contributed by atoms with E-state index in [2.05, 4.69) is 4.98 Å². The van der Waals surface area contributed by atoms with Crippen molar-refractivity contribution in [2.45, 2.75) is 0 Å². The van der Waals surface area contributed by atoms with Crippen molar-refractivity contribution in [3.05, 3.63) is 60.5 Å². The summed E-state index contributed by atoms with van der Waals surface area (Å²) in [6, 6.07) is 13.4. The van der Waals surface area contributed by atoms with E-state index in [-0.39, 0.29) is 5.75 Å². The predicted molar refractivity (Wildman–Crippen MR) is 72.6 cm³/mol. The Labute approximate surface area is 109 Å². The molecular formula is C15H11FN2O. The third kappa shape index (κ3) is 2.20. The monoisotopic (exact) mass is 254 g/mol. The van der Waals surface area contributed by atoms with Gasteiger partial charge in [0.05, 0.1) is 5.69 Å². The largest absolute Gasteiger partial charge is 0.453 e. The number of fused-ring (bicyclic) bond motifs is 1. The van der Waals surface area contributed by atoms with Crippen LogP contribution in [-0.2, 0) is 0 Å². The molecule has 0 bridgehead atoms. The summed E-state index contributed by atoms with van der Waals surface area (Å²) in [5.41, 5.74) is 6.87.